The summed E-state index contributed by atoms with van der Waals surface area (Å²) < 4.78 is 30.1. The number of hydrogen-bond acceptors (Lipinski definition) is 5. The van der Waals surface area contributed by atoms with Crippen molar-refractivity contribution in [1.82, 2.24) is 14.3 Å². The zero-order valence-corrected chi connectivity index (χ0v) is 27.4. The molecule has 0 bridgehead atoms. The number of carbonyl (C=O) groups excluding carboxylic acids is 2. The number of carbonyl (C=O) groups is 2. The van der Waals surface area contributed by atoms with Crippen molar-refractivity contribution >= 4 is 38.6 Å². The highest BCUT2D eigenvalue weighted by Crippen LogP contribution is 2.29. The van der Waals surface area contributed by atoms with E-state index in [2.05, 4.69) is 21.5 Å². The molecule has 1 aliphatic carbocycles. The predicted molar refractivity (Wildman–Crippen MR) is 186 cm³/mol. The first kappa shape index (κ1) is 32.2. The molecule has 9 heteroatoms. The number of sulfonamides is 1. The topological polar surface area (TPSA) is 110 Å². The molecule has 5 aromatic rings. The van der Waals surface area contributed by atoms with Gasteiger partial charge in [0.05, 0.1) is 15.9 Å². The third-order valence-corrected chi connectivity index (χ3v) is 10.2. The van der Waals surface area contributed by atoms with Gasteiger partial charge in [0, 0.05) is 30.1 Å². The highest BCUT2D eigenvalue weighted by Gasteiger charge is 2.23. The number of aryl methyl sites for hydroxylation is 1. The van der Waals surface area contributed by atoms with E-state index >= 15 is 0 Å². The number of hydrogen-bond donors (Lipinski definition) is 2. The fourth-order valence-corrected chi connectivity index (χ4v) is 7.29. The first-order chi connectivity index (χ1) is 22.8. The van der Waals surface area contributed by atoms with Crippen LogP contribution >= 0.6 is 0 Å². The summed E-state index contributed by atoms with van der Waals surface area (Å²) in [4.78, 5) is 31.2. The number of nitrogens with zero attached hydrogens (tertiary/aromatic N) is 2. The summed E-state index contributed by atoms with van der Waals surface area (Å²) in [6.07, 6.45) is 8.25. The van der Waals surface area contributed by atoms with E-state index in [4.69, 9.17) is 4.98 Å². The average Bonchev–Trinajstić information content (AvgIpc) is 3.44. The second-order valence-electron chi connectivity index (χ2n) is 12.2. The minimum atomic E-state index is -4.02. The Labute approximate surface area is 276 Å². The normalized spacial score (nSPS) is 13.8. The van der Waals surface area contributed by atoms with Crippen molar-refractivity contribution in [2.75, 3.05) is 5.32 Å². The number of amides is 2. The summed E-state index contributed by atoms with van der Waals surface area (Å²) in [7, 11) is -4.02. The van der Waals surface area contributed by atoms with Crippen molar-refractivity contribution in [3.05, 3.63) is 114 Å². The van der Waals surface area contributed by atoms with Crippen LogP contribution in [-0.2, 0) is 27.8 Å². The van der Waals surface area contributed by atoms with E-state index < -0.39 is 15.9 Å². The lowest BCUT2D eigenvalue weighted by atomic mass is 9.88. The minimum Gasteiger partial charge on any atom is -0.326 e. The van der Waals surface area contributed by atoms with Crippen LogP contribution < -0.4 is 10.0 Å². The molecule has 0 saturated heterocycles. The van der Waals surface area contributed by atoms with E-state index in [9.17, 15) is 18.0 Å². The molecular formula is C38H40N4O4S. The fraction of sp³-hybridized carbons (Fsp3) is 0.289. The molecule has 47 heavy (non-hydrogen) atoms. The molecule has 6 rings (SSSR count). The lowest BCUT2D eigenvalue weighted by Crippen LogP contribution is -2.30. The molecule has 2 N–H and O–H groups in total. The summed E-state index contributed by atoms with van der Waals surface area (Å²) in [5.74, 6) is 0.490. The van der Waals surface area contributed by atoms with Crippen LogP contribution in [0.4, 0.5) is 5.69 Å². The summed E-state index contributed by atoms with van der Waals surface area (Å²) >= 11 is 0. The van der Waals surface area contributed by atoms with Crippen LogP contribution in [0.15, 0.2) is 102 Å². The molecule has 242 valence electrons. The zero-order valence-electron chi connectivity index (χ0n) is 26.6. The number of nitrogens with one attached hydrogen (secondary N) is 2. The molecule has 0 aliphatic heterocycles. The molecular weight excluding hydrogens is 609 g/mol. The Bertz CT molecular complexity index is 1980. The van der Waals surface area contributed by atoms with Crippen molar-refractivity contribution in [2.45, 2.75) is 69.7 Å². The van der Waals surface area contributed by atoms with Gasteiger partial charge in [0.15, 0.2) is 0 Å². The first-order valence-electron chi connectivity index (χ1n) is 16.4. The Hall–Kier alpha value is -4.76. The lowest BCUT2D eigenvalue weighted by molar-refractivity contribution is -0.120. The third-order valence-electron chi connectivity index (χ3n) is 8.88. The predicted octanol–water partition coefficient (Wildman–Crippen LogP) is 7.73. The van der Waals surface area contributed by atoms with E-state index in [0.29, 0.717) is 12.1 Å². The lowest BCUT2D eigenvalue weighted by Gasteiger charge is -2.20. The van der Waals surface area contributed by atoms with Crippen molar-refractivity contribution in [2.24, 2.45) is 5.92 Å². The molecule has 0 unspecified atom stereocenters. The second kappa shape index (κ2) is 14.3. The molecule has 1 saturated carbocycles. The van der Waals surface area contributed by atoms with Crippen molar-refractivity contribution < 1.29 is 18.0 Å². The Morgan fingerprint density at radius 2 is 1.60 bits per heavy atom. The number of fused-ring (bicyclic) bond motifs is 1. The van der Waals surface area contributed by atoms with Gasteiger partial charge < -0.3 is 9.88 Å². The molecule has 1 aliphatic rings. The molecule has 0 atom stereocenters. The van der Waals surface area contributed by atoms with Crippen molar-refractivity contribution in [3.8, 4) is 11.1 Å². The van der Waals surface area contributed by atoms with E-state index in [1.54, 1.807) is 30.3 Å². The second-order valence-corrected chi connectivity index (χ2v) is 13.9. The number of imidazole rings is 1. The molecule has 1 heterocycles. The smallest absolute Gasteiger partial charge is 0.265 e. The summed E-state index contributed by atoms with van der Waals surface area (Å²) in [6.45, 7) is 2.76. The molecule has 0 radical (unpaired) electrons. The largest absolute Gasteiger partial charge is 0.326 e. The van der Waals surface area contributed by atoms with Crippen LogP contribution in [0.2, 0.25) is 0 Å². The SMILES string of the molecule is CCCCc1nc2ccc(NC(=O)C3CCCCC3)cc2n1Cc1ccc(-c2ccccc2C(=O)NS(=O)(=O)c2ccccc2)cc1. The standard InChI is InChI=1S/C38H40N4O4S/c1-2-3-18-36-40-34-24-23-30(39-37(43)29-12-6-4-7-13-29)25-35(34)42(36)26-27-19-21-28(22-20-27)32-16-10-11-17-33(32)38(44)41-47(45,46)31-14-8-5-9-15-31/h5,8-11,14-17,19-25,29H,2-4,6-7,12-13,18,26H2,1H3,(H,39,43)(H,41,44). The Morgan fingerprint density at radius 1 is 0.872 bits per heavy atom. The van der Waals surface area contributed by atoms with Crippen LogP contribution in [0.1, 0.15) is 73.6 Å². The van der Waals surface area contributed by atoms with Crippen LogP contribution in [0.25, 0.3) is 22.2 Å². The van der Waals surface area contributed by atoms with E-state index in [0.717, 1.165) is 78.6 Å². The average molecular weight is 649 g/mol. The number of benzene rings is 4. The molecule has 0 spiro atoms. The molecule has 1 aromatic heterocycles. The van der Waals surface area contributed by atoms with Gasteiger partial charge in [-0.25, -0.2) is 18.1 Å². The zero-order chi connectivity index (χ0) is 32.8. The molecule has 4 aromatic carbocycles. The van der Waals surface area contributed by atoms with Gasteiger partial charge >= 0.3 is 0 Å². The number of aromatic nitrogens is 2. The van der Waals surface area contributed by atoms with E-state index in [1.807, 2.05) is 54.6 Å². The Kier molecular flexibility index (Phi) is 9.82. The third kappa shape index (κ3) is 7.46. The Morgan fingerprint density at radius 3 is 2.34 bits per heavy atom. The molecule has 2 amide bonds. The van der Waals surface area contributed by atoms with Gasteiger partial charge in [0.2, 0.25) is 5.91 Å². The quantitative estimate of drug-likeness (QED) is 0.152. The molecule has 8 nitrogen and oxygen atoms in total. The summed E-state index contributed by atoms with van der Waals surface area (Å²) in [5.41, 5.74) is 5.41. The highest BCUT2D eigenvalue weighted by molar-refractivity contribution is 7.90. The van der Waals surface area contributed by atoms with Crippen LogP contribution in [0.3, 0.4) is 0 Å². The van der Waals surface area contributed by atoms with Gasteiger partial charge in [-0.1, -0.05) is 93.3 Å². The van der Waals surface area contributed by atoms with Gasteiger partial charge in [-0.3, -0.25) is 9.59 Å². The van der Waals surface area contributed by atoms with E-state index in [1.165, 1.54) is 18.6 Å². The molecule has 1 fully saturated rings. The maximum absolute atomic E-state index is 13.2. The number of unbranched alkanes of at least 4 members (excludes halogenated alkanes) is 1. The fourth-order valence-electron chi connectivity index (χ4n) is 6.30. The van der Waals surface area contributed by atoms with Gasteiger partial charge in [-0.05, 0) is 72.4 Å². The highest BCUT2D eigenvalue weighted by atomic mass is 32.2. The van der Waals surface area contributed by atoms with Gasteiger partial charge in [0.1, 0.15) is 5.82 Å². The van der Waals surface area contributed by atoms with Gasteiger partial charge in [-0.15, -0.1) is 0 Å². The van der Waals surface area contributed by atoms with Crippen LogP contribution in [0, 0.1) is 5.92 Å². The minimum absolute atomic E-state index is 0.0271. The summed E-state index contributed by atoms with van der Waals surface area (Å²) in [5, 5.41) is 3.16. The van der Waals surface area contributed by atoms with Crippen molar-refractivity contribution in [3.63, 3.8) is 0 Å². The number of anilines is 1. The van der Waals surface area contributed by atoms with Crippen LogP contribution in [-0.4, -0.2) is 29.8 Å². The Balaban J connectivity index is 1.24. The monoisotopic (exact) mass is 648 g/mol. The summed E-state index contributed by atoms with van der Waals surface area (Å²) in [6, 6.07) is 28.7. The van der Waals surface area contributed by atoms with Crippen LogP contribution in [0.5, 0.6) is 0 Å². The first-order valence-corrected chi connectivity index (χ1v) is 17.9. The van der Waals surface area contributed by atoms with Gasteiger partial charge in [0.25, 0.3) is 15.9 Å². The maximum Gasteiger partial charge on any atom is 0.265 e. The number of rotatable bonds is 11. The van der Waals surface area contributed by atoms with E-state index in [-0.39, 0.29) is 22.3 Å². The van der Waals surface area contributed by atoms with Crippen molar-refractivity contribution in [1.29, 1.82) is 0 Å². The maximum atomic E-state index is 13.2. The van der Waals surface area contributed by atoms with Gasteiger partial charge in [-0.2, -0.15) is 0 Å².